The lowest BCUT2D eigenvalue weighted by molar-refractivity contribution is -0.121. The molecule has 21 heavy (non-hydrogen) atoms. The van der Waals surface area contributed by atoms with E-state index in [0.29, 0.717) is 18.6 Å². The molecule has 5 heteroatoms. The molecule has 1 saturated heterocycles. The fourth-order valence-electron chi connectivity index (χ4n) is 2.81. The highest BCUT2D eigenvalue weighted by Crippen LogP contribution is 2.23. The van der Waals surface area contributed by atoms with Crippen LogP contribution < -0.4 is 10.6 Å². The van der Waals surface area contributed by atoms with Crippen molar-refractivity contribution in [1.29, 1.82) is 0 Å². The van der Waals surface area contributed by atoms with Crippen molar-refractivity contribution in [3.8, 4) is 0 Å². The van der Waals surface area contributed by atoms with Crippen LogP contribution in [0.4, 0.5) is 0 Å². The Balaban J connectivity index is 0.00000220. The van der Waals surface area contributed by atoms with Crippen LogP contribution in [-0.2, 0) is 4.79 Å². The molecule has 1 amide bonds. The van der Waals surface area contributed by atoms with E-state index in [0.717, 1.165) is 25.9 Å². The molecule has 0 spiro atoms. The highest BCUT2D eigenvalue weighted by Gasteiger charge is 2.24. The molecule has 0 bridgehead atoms. The van der Waals surface area contributed by atoms with Crippen molar-refractivity contribution in [2.24, 2.45) is 0 Å². The van der Waals surface area contributed by atoms with E-state index in [1.807, 2.05) is 0 Å². The molecule has 0 radical (unpaired) electrons. The molecular formula is C16H26ClN3O. The minimum Gasteiger partial charge on any atom is -0.352 e. The fourth-order valence-corrected chi connectivity index (χ4v) is 2.81. The van der Waals surface area contributed by atoms with Gasteiger partial charge in [0.05, 0.1) is 6.54 Å². The normalized spacial score (nSPS) is 17.8. The zero-order valence-electron chi connectivity index (χ0n) is 12.8. The maximum absolute atomic E-state index is 11.6. The highest BCUT2D eigenvalue weighted by molar-refractivity contribution is 5.85. The van der Waals surface area contributed by atoms with Crippen LogP contribution in [0.25, 0.3) is 0 Å². The molecular weight excluding hydrogens is 286 g/mol. The molecule has 1 aromatic carbocycles. The summed E-state index contributed by atoms with van der Waals surface area (Å²) in [7, 11) is 1.80. The van der Waals surface area contributed by atoms with E-state index in [4.69, 9.17) is 0 Å². The third-order valence-corrected chi connectivity index (χ3v) is 4.06. The number of nitrogens with zero attached hydrogens (tertiary/aromatic N) is 1. The van der Waals surface area contributed by atoms with Gasteiger partial charge in [-0.15, -0.1) is 12.4 Å². The Hall–Kier alpha value is -1.10. The fraction of sp³-hybridized carbons (Fsp3) is 0.562. The number of piperidine rings is 1. The summed E-state index contributed by atoms with van der Waals surface area (Å²) in [4.78, 5) is 14.1. The summed E-state index contributed by atoms with van der Waals surface area (Å²) < 4.78 is 0. The standard InChI is InChI=1S/C16H25N3O.ClH/c1-13(14-6-4-3-5-7-14)19-10-8-15(9-11-19)18-16(20)12-17-2;/h3-7,13,15,17H,8-12H2,1-2H3,(H,18,20);1H. The van der Waals surface area contributed by atoms with E-state index >= 15 is 0 Å². The number of nitrogens with one attached hydrogen (secondary N) is 2. The second-order valence-corrected chi connectivity index (χ2v) is 5.49. The maximum Gasteiger partial charge on any atom is 0.234 e. The molecule has 1 unspecified atom stereocenters. The van der Waals surface area contributed by atoms with Gasteiger partial charge in [0, 0.05) is 25.2 Å². The summed E-state index contributed by atoms with van der Waals surface area (Å²) in [5.74, 6) is 0.0991. The molecule has 4 nitrogen and oxygen atoms in total. The summed E-state index contributed by atoms with van der Waals surface area (Å²) in [6.07, 6.45) is 2.07. The third kappa shape index (κ3) is 5.30. The quantitative estimate of drug-likeness (QED) is 0.874. The van der Waals surface area contributed by atoms with Gasteiger partial charge in [-0.1, -0.05) is 30.3 Å². The van der Waals surface area contributed by atoms with Crippen LogP contribution in [0.15, 0.2) is 30.3 Å². The second kappa shape index (κ2) is 9.03. The largest absolute Gasteiger partial charge is 0.352 e. The predicted molar refractivity (Wildman–Crippen MR) is 88.8 cm³/mol. The Morgan fingerprint density at radius 3 is 2.48 bits per heavy atom. The van der Waals surface area contributed by atoms with E-state index in [1.54, 1.807) is 7.05 Å². The van der Waals surface area contributed by atoms with Crippen molar-refractivity contribution >= 4 is 18.3 Å². The van der Waals surface area contributed by atoms with E-state index in [1.165, 1.54) is 5.56 Å². The van der Waals surface area contributed by atoms with Gasteiger partial charge in [-0.2, -0.15) is 0 Å². The molecule has 118 valence electrons. The van der Waals surface area contributed by atoms with Crippen LogP contribution in [0, 0.1) is 0 Å². The smallest absolute Gasteiger partial charge is 0.234 e. The van der Waals surface area contributed by atoms with Crippen LogP contribution in [-0.4, -0.2) is 43.5 Å². The lowest BCUT2D eigenvalue weighted by Crippen LogP contribution is -2.47. The van der Waals surface area contributed by atoms with Crippen LogP contribution in [0.5, 0.6) is 0 Å². The van der Waals surface area contributed by atoms with Crippen LogP contribution in [0.1, 0.15) is 31.4 Å². The van der Waals surface area contributed by atoms with Crippen LogP contribution in [0.2, 0.25) is 0 Å². The zero-order valence-corrected chi connectivity index (χ0v) is 13.7. The Bertz CT molecular complexity index is 419. The summed E-state index contributed by atoms with van der Waals surface area (Å²) in [5.41, 5.74) is 1.37. The summed E-state index contributed by atoms with van der Waals surface area (Å²) >= 11 is 0. The van der Waals surface area contributed by atoms with Crippen molar-refractivity contribution in [3.63, 3.8) is 0 Å². The first kappa shape index (κ1) is 18.0. The molecule has 1 fully saturated rings. The first-order valence-electron chi connectivity index (χ1n) is 7.43. The van der Waals surface area contributed by atoms with Crippen LogP contribution in [0.3, 0.4) is 0 Å². The number of likely N-dealkylation sites (N-methyl/N-ethyl adjacent to an activating group) is 1. The Labute approximate surface area is 133 Å². The van der Waals surface area contributed by atoms with Gasteiger partial charge in [0.25, 0.3) is 0 Å². The highest BCUT2D eigenvalue weighted by atomic mass is 35.5. The number of halogens is 1. The first-order chi connectivity index (χ1) is 9.70. The van der Waals surface area contributed by atoms with Gasteiger partial charge in [0.15, 0.2) is 0 Å². The molecule has 1 aromatic rings. The third-order valence-electron chi connectivity index (χ3n) is 4.06. The number of rotatable bonds is 5. The molecule has 2 rings (SSSR count). The summed E-state index contributed by atoms with van der Waals surface area (Å²) in [5, 5.41) is 5.97. The number of likely N-dealkylation sites (tertiary alicyclic amines) is 1. The predicted octanol–water partition coefficient (Wildman–Crippen LogP) is 1.97. The number of hydrogen-bond donors (Lipinski definition) is 2. The molecule has 2 N–H and O–H groups in total. The summed E-state index contributed by atoms with van der Waals surface area (Å²) in [6.45, 7) is 4.75. The second-order valence-electron chi connectivity index (χ2n) is 5.49. The number of hydrogen-bond acceptors (Lipinski definition) is 3. The minimum atomic E-state index is 0. The SMILES string of the molecule is CNCC(=O)NC1CCN(C(C)c2ccccc2)CC1.Cl. The lowest BCUT2D eigenvalue weighted by atomic mass is 10.00. The van der Waals surface area contributed by atoms with Gasteiger partial charge in [0.2, 0.25) is 5.91 Å². The van der Waals surface area contributed by atoms with E-state index in [2.05, 4.69) is 52.8 Å². The van der Waals surface area contributed by atoms with Gasteiger partial charge in [-0.25, -0.2) is 0 Å². The van der Waals surface area contributed by atoms with Crippen LogP contribution >= 0.6 is 12.4 Å². The topological polar surface area (TPSA) is 44.4 Å². The minimum absolute atomic E-state index is 0. The van der Waals surface area contributed by atoms with Crippen molar-refractivity contribution < 1.29 is 4.79 Å². The van der Waals surface area contributed by atoms with Crippen molar-refractivity contribution in [1.82, 2.24) is 15.5 Å². The van der Waals surface area contributed by atoms with Gasteiger partial charge in [-0.3, -0.25) is 9.69 Å². The number of carbonyl (C=O) groups excluding carboxylic acids is 1. The summed E-state index contributed by atoms with van der Waals surface area (Å²) in [6, 6.07) is 11.4. The molecule has 0 aromatic heterocycles. The average molecular weight is 312 g/mol. The number of carbonyl (C=O) groups is 1. The Morgan fingerprint density at radius 1 is 1.29 bits per heavy atom. The van der Waals surface area contributed by atoms with Gasteiger partial charge >= 0.3 is 0 Å². The molecule has 1 heterocycles. The van der Waals surface area contributed by atoms with E-state index in [-0.39, 0.29) is 18.3 Å². The molecule has 1 atom stereocenters. The number of amides is 1. The molecule has 0 saturated carbocycles. The first-order valence-corrected chi connectivity index (χ1v) is 7.43. The van der Waals surface area contributed by atoms with Crippen molar-refractivity contribution in [2.45, 2.75) is 31.8 Å². The van der Waals surface area contributed by atoms with Gasteiger partial charge < -0.3 is 10.6 Å². The Morgan fingerprint density at radius 2 is 1.90 bits per heavy atom. The molecule has 0 aliphatic carbocycles. The maximum atomic E-state index is 11.6. The van der Waals surface area contributed by atoms with Crippen molar-refractivity contribution in [3.05, 3.63) is 35.9 Å². The van der Waals surface area contributed by atoms with E-state index in [9.17, 15) is 4.79 Å². The van der Waals surface area contributed by atoms with Crippen molar-refractivity contribution in [2.75, 3.05) is 26.7 Å². The number of benzene rings is 1. The molecule has 1 aliphatic heterocycles. The average Bonchev–Trinajstić information content (AvgIpc) is 2.48. The van der Waals surface area contributed by atoms with Gasteiger partial charge in [-0.05, 0) is 32.4 Å². The monoisotopic (exact) mass is 311 g/mol. The van der Waals surface area contributed by atoms with Gasteiger partial charge in [0.1, 0.15) is 0 Å². The van der Waals surface area contributed by atoms with E-state index < -0.39 is 0 Å². The lowest BCUT2D eigenvalue weighted by Gasteiger charge is -2.36. The zero-order chi connectivity index (χ0) is 14.4. The Kier molecular flexibility index (Phi) is 7.72. The molecule has 1 aliphatic rings.